The molecule has 3 rings (SSSR count). The number of aliphatic hydroxyl groups excluding tert-OH is 1. The Morgan fingerprint density at radius 3 is 2.41 bits per heavy atom. The summed E-state index contributed by atoms with van der Waals surface area (Å²) in [4.78, 5) is 37.0. The standard InChI is InChI=1S/C29H42O8/c1-9-16(3)11-12-28(8)18(5)13-24(32)29-22(26(34-19(6)30)37-27(29)35-20(7)31)14-21(15-23(28)29)36-25(33)17(4)10-2/h9,11,14,17-18,21,23-24,26-27,32H,1,10,12-13,15H2,2-8H3/b16-11+/t17-,18-,21+,23+,24+,26+,27-,28-,29-/m1/s1. The molecule has 1 N–H and O–H groups in total. The lowest BCUT2D eigenvalue weighted by atomic mass is 9.45. The van der Waals surface area contributed by atoms with Crippen LogP contribution in [0.25, 0.3) is 0 Å². The van der Waals surface area contributed by atoms with E-state index >= 15 is 0 Å². The zero-order valence-corrected chi connectivity index (χ0v) is 23.1. The quantitative estimate of drug-likeness (QED) is 0.215. The van der Waals surface area contributed by atoms with Gasteiger partial charge in [0.15, 0.2) is 0 Å². The Hall–Kier alpha value is -2.45. The van der Waals surface area contributed by atoms with Gasteiger partial charge in [-0.15, -0.1) is 0 Å². The SMILES string of the molecule is C=C/C(C)=C/C[C@]1(C)[C@H](C)C[C@H](O)[C@@]23C(=C[C@H](OC(=O)[C@H](C)CC)C[C@@H]12)[C@@H](OC(C)=O)O[C@H]3OC(C)=O. The summed E-state index contributed by atoms with van der Waals surface area (Å²) in [6.45, 7) is 16.4. The van der Waals surface area contributed by atoms with Crippen molar-refractivity contribution in [3.8, 4) is 0 Å². The lowest BCUT2D eigenvalue weighted by Crippen LogP contribution is -2.63. The maximum atomic E-state index is 12.8. The van der Waals surface area contributed by atoms with E-state index in [0.717, 1.165) is 5.57 Å². The maximum absolute atomic E-state index is 12.8. The average molecular weight is 519 g/mol. The number of allylic oxidation sites excluding steroid dienone is 3. The van der Waals surface area contributed by atoms with Gasteiger partial charge < -0.3 is 19.3 Å². The van der Waals surface area contributed by atoms with E-state index in [1.54, 1.807) is 12.2 Å². The topological polar surface area (TPSA) is 108 Å². The third kappa shape index (κ3) is 5.28. The molecular formula is C29H42O8. The lowest BCUT2D eigenvalue weighted by Gasteiger charge is -2.60. The fraction of sp³-hybridized carbons (Fsp3) is 0.690. The molecular weight excluding hydrogens is 476 g/mol. The van der Waals surface area contributed by atoms with Crippen molar-refractivity contribution in [1.29, 1.82) is 0 Å². The highest BCUT2D eigenvalue weighted by Crippen LogP contribution is 2.67. The summed E-state index contributed by atoms with van der Waals surface area (Å²) in [5, 5.41) is 11.7. The third-order valence-corrected chi connectivity index (χ3v) is 8.87. The van der Waals surface area contributed by atoms with Crippen LogP contribution < -0.4 is 0 Å². The summed E-state index contributed by atoms with van der Waals surface area (Å²) in [6.07, 6.45) is 3.89. The van der Waals surface area contributed by atoms with Crippen LogP contribution in [0.3, 0.4) is 0 Å². The molecule has 1 aliphatic heterocycles. The summed E-state index contributed by atoms with van der Waals surface area (Å²) in [5.74, 6) is -1.99. The second kappa shape index (κ2) is 11.1. The summed E-state index contributed by atoms with van der Waals surface area (Å²) in [6, 6.07) is 0. The second-order valence-electron chi connectivity index (χ2n) is 11.2. The Labute approximate surface area is 220 Å². The van der Waals surface area contributed by atoms with Crippen molar-refractivity contribution in [2.24, 2.45) is 28.6 Å². The predicted octanol–water partition coefficient (Wildman–Crippen LogP) is 4.62. The predicted molar refractivity (Wildman–Crippen MR) is 137 cm³/mol. The molecule has 0 radical (unpaired) electrons. The van der Waals surface area contributed by atoms with Crippen LogP contribution in [0, 0.1) is 28.6 Å². The second-order valence-corrected chi connectivity index (χ2v) is 11.2. The molecule has 2 aliphatic carbocycles. The molecule has 0 unspecified atom stereocenters. The first kappa shape index (κ1) is 29.1. The molecule has 1 spiro atoms. The van der Waals surface area contributed by atoms with E-state index in [2.05, 4.69) is 26.5 Å². The monoisotopic (exact) mass is 518 g/mol. The zero-order chi connectivity index (χ0) is 27.7. The van der Waals surface area contributed by atoms with Gasteiger partial charge in [-0.2, -0.15) is 0 Å². The van der Waals surface area contributed by atoms with Gasteiger partial charge in [0.2, 0.25) is 12.6 Å². The Kier molecular flexibility index (Phi) is 8.75. The van der Waals surface area contributed by atoms with Gasteiger partial charge in [0.25, 0.3) is 0 Å². The van der Waals surface area contributed by atoms with Crippen molar-refractivity contribution in [1.82, 2.24) is 0 Å². The van der Waals surface area contributed by atoms with Gasteiger partial charge in [-0.3, -0.25) is 19.1 Å². The molecule has 8 heteroatoms. The van der Waals surface area contributed by atoms with Gasteiger partial charge in [-0.25, -0.2) is 0 Å². The molecule has 9 atom stereocenters. The molecule has 0 aromatic carbocycles. The normalized spacial score (nSPS) is 37.9. The van der Waals surface area contributed by atoms with E-state index in [9.17, 15) is 19.5 Å². The Morgan fingerprint density at radius 1 is 1.19 bits per heavy atom. The first-order valence-electron chi connectivity index (χ1n) is 13.2. The van der Waals surface area contributed by atoms with E-state index in [1.165, 1.54) is 13.8 Å². The van der Waals surface area contributed by atoms with E-state index < -0.39 is 47.6 Å². The van der Waals surface area contributed by atoms with E-state index in [0.29, 0.717) is 31.3 Å². The molecule has 2 fully saturated rings. The van der Waals surface area contributed by atoms with Crippen molar-refractivity contribution in [2.45, 2.75) is 98.9 Å². The average Bonchev–Trinajstić information content (AvgIpc) is 3.12. The van der Waals surface area contributed by atoms with Crippen molar-refractivity contribution < 1.29 is 38.4 Å². The Balaban J connectivity index is 2.21. The number of aliphatic hydroxyl groups is 1. The Morgan fingerprint density at radius 2 is 1.84 bits per heavy atom. The van der Waals surface area contributed by atoms with E-state index in [1.807, 2.05) is 20.8 Å². The van der Waals surface area contributed by atoms with Crippen molar-refractivity contribution in [2.75, 3.05) is 0 Å². The number of carbonyl (C=O) groups excluding carboxylic acids is 3. The minimum absolute atomic E-state index is 0.0722. The van der Waals surface area contributed by atoms with E-state index in [-0.39, 0.29) is 23.7 Å². The van der Waals surface area contributed by atoms with Gasteiger partial charge in [0.1, 0.15) is 6.10 Å². The number of hydrogen-bond acceptors (Lipinski definition) is 8. The third-order valence-electron chi connectivity index (χ3n) is 8.87. The van der Waals surface area contributed by atoms with Crippen LogP contribution in [-0.4, -0.2) is 47.8 Å². The molecule has 1 saturated heterocycles. The zero-order valence-electron chi connectivity index (χ0n) is 23.1. The van der Waals surface area contributed by atoms with Gasteiger partial charge >= 0.3 is 17.9 Å². The number of rotatable bonds is 8. The number of carbonyl (C=O) groups is 3. The van der Waals surface area contributed by atoms with Crippen molar-refractivity contribution >= 4 is 17.9 Å². The van der Waals surface area contributed by atoms with Crippen LogP contribution in [0.4, 0.5) is 0 Å². The summed E-state index contributed by atoms with van der Waals surface area (Å²) in [5.41, 5.74) is -0.0572. The molecule has 206 valence electrons. The van der Waals surface area contributed by atoms with Crippen LogP contribution in [-0.2, 0) is 33.3 Å². The molecule has 0 aromatic rings. The molecule has 1 saturated carbocycles. The van der Waals surface area contributed by atoms with Gasteiger partial charge in [-0.05, 0) is 55.9 Å². The van der Waals surface area contributed by atoms with Crippen LogP contribution in [0.15, 0.2) is 36.0 Å². The first-order chi connectivity index (χ1) is 17.3. The van der Waals surface area contributed by atoms with Gasteiger partial charge in [0.05, 0.1) is 17.4 Å². The van der Waals surface area contributed by atoms with Crippen molar-refractivity contribution in [3.63, 3.8) is 0 Å². The summed E-state index contributed by atoms with van der Waals surface area (Å²) < 4.78 is 23.2. The highest BCUT2D eigenvalue weighted by molar-refractivity contribution is 5.72. The van der Waals surface area contributed by atoms with E-state index in [4.69, 9.17) is 18.9 Å². The minimum atomic E-state index is -1.17. The summed E-state index contributed by atoms with van der Waals surface area (Å²) >= 11 is 0. The Bertz CT molecular complexity index is 982. The van der Waals surface area contributed by atoms with Gasteiger partial charge in [-0.1, -0.05) is 52.0 Å². The maximum Gasteiger partial charge on any atom is 0.309 e. The fourth-order valence-corrected chi connectivity index (χ4v) is 6.30. The highest BCUT2D eigenvalue weighted by Gasteiger charge is 2.71. The van der Waals surface area contributed by atoms with Crippen LogP contribution >= 0.6 is 0 Å². The summed E-state index contributed by atoms with van der Waals surface area (Å²) in [7, 11) is 0. The van der Waals surface area contributed by atoms with Crippen LogP contribution in [0.2, 0.25) is 0 Å². The molecule has 8 nitrogen and oxygen atoms in total. The van der Waals surface area contributed by atoms with Crippen LogP contribution in [0.1, 0.15) is 74.1 Å². The fourth-order valence-electron chi connectivity index (χ4n) is 6.30. The number of esters is 3. The largest absolute Gasteiger partial charge is 0.458 e. The molecule has 37 heavy (non-hydrogen) atoms. The molecule has 1 heterocycles. The lowest BCUT2D eigenvalue weighted by molar-refractivity contribution is -0.254. The molecule has 3 aliphatic rings. The minimum Gasteiger partial charge on any atom is -0.458 e. The van der Waals surface area contributed by atoms with Crippen molar-refractivity contribution in [3.05, 3.63) is 36.0 Å². The molecule has 0 amide bonds. The smallest absolute Gasteiger partial charge is 0.309 e. The number of hydrogen-bond donors (Lipinski definition) is 1. The molecule has 0 bridgehead atoms. The molecule has 0 aromatic heterocycles. The first-order valence-corrected chi connectivity index (χ1v) is 13.2. The van der Waals surface area contributed by atoms with Gasteiger partial charge in [0, 0.05) is 19.4 Å². The number of ether oxygens (including phenoxy) is 4. The van der Waals surface area contributed by atoms with Crippen LogP contribution in [0.5, 0.6) is 0 Å². The highest BCUT2D eigenvalue weighted by atomic mass is 16.8.